The molecule has 0 radical (unpaired) electrons. The normalized spacial score (nSPS) is 20.8. The van der Waals surface area contributed by atoms with Gasteiger partial charge in [0.05, 0.1) is 6.54 Å². The molecule has 0 aliphatic carbocycles. The van der Waals surface area contributed by atoms with E-state index in [2.05, 4.69) is 34.5 Å². The lowest BCUT2D eigenvalue weighted by molar-refractivity contribution is 0.174. The van der Waals surface area contributed by atoms with E-state index in [1.54, 1.807) is 0 Å². The van der Waals surface area contributed by atoms with Crippen LogP contribution in [0.25, 0.3) is 0 Å². The summed E-state index contributed by atoms with van der Waals surface area (Å²) < 4.78 is 10.7. The fourth-order valence-corrected chi connectivity index (χ4v) is 3.00. The zero-order chi connectivity index (χ0) is 16.1. The van der Waals surface area contributed by atoms with Crippen LogP contribution >= 0.6 is 0 Å². The maximum absolute atomic E-state index is 5.41. The summed E-state index contributed by atoms with van der Waals surface area (Å²) >= 11 is 0. The Morgan fingerprint density at radius 3 is 2.96 bits per heavy atom. The van der Waals surface area contributed by atoms with Crippen LogP contribution < -0.4 is 20.1 Å². The molecule has 1 saturated heterocycles. The molecule has 23 heavy (non-hydrogen) atoms. The molecule has 2 N–H and O–H groups in total. The van der Waals surface area contributed by atoms with Gasteiger partial charge in [-0.05, 0) is 51.1 Å². The predicted molar refractivity (Wildman–Crippen MR) is 91.0 cm³/mol. The molecule has 2 aliphatic rings. The van der Waals surface area contributed by atoms with Gasteiger partial charge in [0.15, 0.2) is 17.5 Å². The molecule has 0 spiro atoms. The van der Waals surface area contributed by atoms with E-state index in [4.69, 9.17) is 9.47 Å². The molecule has 6 heteroatoms. The molecule has 1 aromatic carbocycles. The van der Waals surface area contributed by atoms with E-state index in [0.717, 1.165) is 36.1 Å². The van der Waals surface area contributed by atoms with E-state index in [1.807, 2.05) is 18.2 Å². The van der Waals surface area contributed by atoms with Crippen LogP contribution in [0.2, 0.25) is 0 Å². The Hall–Kier alpha value is -1.95. The summed E-state index contributed by atoms with van der Waals surface area (Å²) in [5.41, 5.74) is 1.12. The number of nitrogens with one attached hydrogen (secondary N) is 2. The number of benzene rings is 1. The summed E-state index contributed by atoms with van der Waals surface area (Å²) in [5.74, 6) is 2.49. The van der Waals surface area contributed by atoms with Crippen molar-refractivity contribution in [2.75, 3.05) is 33.5 Å². The van der Waals surface area contributed by atoms with E-state index < -0.39 is 0 Å². The second kappa shape index (κ2) is 7.55. The van der Waals surface area contributed by atoms with E-state index in [-0.39, 0.29) is 0 Å². The quantitative estimate of drug-likeness (QED) is 0.637. The molecule has 0 amide bonds. The van der Waals surface area contributed by atoms with Crippen molar-refractivity contribution in [2.45, 2.75) is 32.4 Å². The number of nitrogens with zero attached hydrogens (tertiary/aromatic N) is 2. The van der Waals surface area contributed by atoms with Crippen LogP contribution in [0.3, 0.4) is 0 Å². The third kappa shape index (κ3) is 4.07. The highest BCUT2D eigenvalue weighted by molar-refractivity contribution is 5.79. The minimum atomic E-state index is 0.307. The van der Waals surface area contributed by atoms with Crippen molar-refractivity contribution in [3.05, 3.63) is 23.8 Å². The lowest BCUT2D eigenvalue weighted by Gasteiger charge is -2.21. The highest BCUT2D eigenvalue weighted by Crippen LogP contribution is 2.32. The standard InChI is InChI=1S/C17H26N4O2/c1-3-18-17(20-11-14-5-4-8-21(14)2)19-10-13-6-7-15-16(9-13)23-12-22-15/h6-7,9,14H,3-5,8,10-12H2,1-2H3,(H2,18,19,20). The summed E-state index contributed by atoms with van der Waals surface area (Å²) in [4.78, 5) is 7.09. The Bertz CT molecular complexity index is 562. The summed E-state index contributed by atoms with van der Waals surface area (Å²) in [6, 6.07) is 6.58. The summed E-state index contributed by atoms with van der Waals surface area (Å²) in [6.45, 7) is 5.99. The first-order chi connectivity index (χ1) is 11.3. The zero-order valence-corrected chi connectivity index (χ0v) is 14.0. The molecule has 1 fully saturated rings. The Morgan fingerprint density at radius 1 is 1.30 bits per heavy atom. The molecule has 126 valence electrons. The van der Waals surface area contributed by atoms with Crippen LogP contribution in [0.5, 0.6) is 11.5 Å². The van der Waals surface area contributed by atoms with Crippen LogP contribution in [-0.4, -0.2) is 50.4 Å². The average Bonchev–Trinajstić information content (AvgIpc) is 3.18. The number of guanidine groups is 1. The molecular weight excluding hydrogens is 292 g/mol. The van der Waals surface area contributed by atoms with Gasteiger partial charge in [-0.15, -0.1) is 0 Å². The lowest BCUT2D eigenvalue weighted by Crippen LogP contribution is -2.44. The van der Waals surface area contributed by atoms with Gasteiger partial charge in [-0.3, -0.25) is 0 Å². The maximum atomic E-state index is 5.41. The van der Waals surface area contributed by atoms with Gasteiger partial charge in [0, 0.05) is 19.1 Å². The lowest BCUT2D eigenvalue weighted by atomic mass is 10.2. The first-order valence-corrected chi connectivity index (χ1v) is 8.37. The summed E-state index contributed by atoms with van der Waals surface area (Å²) in [6.07, 6.45) is 2.54. The van der Waals surface area contributed by atoms with Crippen molar-refractivity contribution in [3.8, 4) is 11.5 Å². The van der Waals surface area contributed by atoms with E-state index >= 15 is 0 Å². The van der Waals surface area contributed by atoms with Crippen LogP contribution in [-0.2, 0) is 6.54 Å². The van der Waals surface area contributed by atoms with Gasteiger partial charge in [0.1, 0.15) is 0 Å². The fraction of sp³-hybridized carbons (Fsp3) is 0.588. The van der Waals surface area contributed by atoms with Gasteiger partial charge in [0.2, 0.25) is 6.79 Å². The number of likely N-dealkylation sites (N-methyl/N-ethyl adjacent to an activating group) is 1. The third-order valence-electron chi connectivity index (χ3n) is 4.38. The van der Waals surface area contributed by atoms with Crippen LogP contribution in [0, 0.1) is 0 Å². The van der Waals surface area contributed by atoms with Crippen LogP contribution in [0.15, 0.2) is 23.2 Å². The van der Waals surface area contributed by atoms with Crippen molar-refractivity contribution in [1.82, 2.24) is 15.5 Å². The smallest absolute Gasteiger partial charge is 0.231 e. The van der Waals surface area contributed by atoms with Crippen molar-refractivity contribution in [2.24, 2.45) is 4.99 Å². The monoisotopic (exact) mass is 318 g/mol. The molecule has 2 heterocycles. The number of likely N-dealkylation sites (tertiary alicyclic amines) is 1. The largest absolute Gasteiger partial charge is 0.454 e. The Labute approximate surface area is 137 Å². The van der Waals surface area contributed by atoms with Crippen molar-refractivity contribution in [3.63, 3.8) is 0 Å². The summed E-state index contributed by atoms with van der Waals surface area (Å²) in [7, 11) is 2.19. The van der Waals surface area contributed by atoms with Gasteiger partial charge in [-0.25, -0.2) is 4.99 Å². The second-order valence-electron chi connectivity index (χ2n) is 6.04. The molecule has 3 rings (SSSR count). The molecule has 6 nitrogen and oxygen atoms in total. The first-order valence-electron chi connectivity index (χ1n) is 8.37. The summed E-state index contributed by atoms with van der Waals surface area (Å²) in [5, 5.41) is 6.77. The maximum Gasteiger partial charge on any atom is 0.231 e. The number of aliphatic imine (C=N–C) groups is 1. The SMILES string of the molecule is CCNC(=NCc1ccc2c(c1)OCO2)NCC1CCCN1C. The van der Waals surface area contributed by atoms with Gasteiger partial charge < -0.3 is 25.0 Å². The number of hydrogen-bond donors (Lipinski definition) is 2. The van der Waals surface area contributed by atoms with E-state index in [1.165, 1.54) is 19.4 Å². The van der Waals surface area contributed by atoms with Crippen molar-refractivity contribution in [1.29, 1.82) is 0 Å². The van der Waals surface area contributed by atoms with Gasteiger partial charge >= 0.3 is 0 Å². The topological polar surface area (TPSA) is 58.1 Å². The number of fused-ring (bicyclic) bond motifs is 1. The minimum Gasteiger partial charge on any atom is -0.454 e. The Balaban J connectivity index is 1.57. The van der Waals surface area contributed by atoms with Crippen molar-refractivity contribution < 1.29 is 9.47 Å². The third-order valence-corrected chi connectivity index (χ3v) is 4.38. The molecule has 1 atom stereocenters. The second-order valence-corrected chi connectivity index (χ2v) is 6.04. The van der Waals surface area contributed by atoms with Gasteiger partial charge in [-0.2, -0.15) is 0 Å². The van der Waals surface area contributed by atoms with Gasteiger partial charge in [-0.1, -0.05) is 6.07 Å². The Kier molecular flexibility index (Phi) is 5.23. The zero-order valence-electron chi connectivity index (χ0n) is 14.0. The number of rotatable bonds is 5. The van der Waals surface area contributed by atoms with Crippen LogP contribution in [0.4, 0.5) is 0 Å². The Morgan fingerprint density at radius 2 is 2.17 bits per heavy atom. The van der Waals surface area contributed by atoms with E-state index in [9.17, 15) is 0 Å². The minimum absolute atomic E-state index is 0.307. The highest BCUT2D eigenvalue weighted by Gasteiger charge is 2.20. The number of hydrogen-bond acceptors (Lipinski definition) is 4. The van der Waals surface area contributed by atoms with Crippen LogP contribution in [0.1, 0.15) is 25.3 Å². The molecule has 1 unspecified atom stereocenters. The molecule has 0 saturated carbocycles. The predicted octanol–water partition coefficient (Wildman–Crippen LogP) is 1.56. The van der Waals surface area contributed by atoms with Crippen molar-refractivity contribution >= 4 is 5.96 Å². The molecule has 0 aromatic heterocycles. The molecule has 2 aliphatic heterocycles. The first kappa shape index (κ1) is 15.9. The molecular formula is C17H26N4O2. The highest BCUT2D eigenvalue weighted by atomic mass is 16.7. The number of ether oxygens (including phenoxy) is 2. The molecule has 0 bridgehead atoms. The average molecular weight is 318 g/mol. The van der Waals surface area contributed by atoms with E-state index in [0.29, 0.717) is 19.4 Å². The fourth-order valence-electron chi connectivity index (χ4n) is 3.00. The molecule has 1 aromatic rings. The van der Waals surface area contributed by atoms with Gasteiger partial charge in [0.25, 0.3) is 0 Å².